The molecule has 0 bridgehead atoms. The van der Waals surface area contributed by atoms with Crippen LogP contribution in [-0.4, -0.2) is 22.4 Å². The lowest BCUT2D eigenvalue weighted by atomic mass is 10.0. The van der Waals surface area contributed by atoms with Gasteiger partial charge in [0.15, 0.2) is 11.5 Å². The van der Waals surface area contributed by atoms with Crippen molar-refractivity contribution < 1.29 is 9.37 Å². The minimum absolute atomic E-state index is 0.289. The van der Waals surface area contributed by atoms with Gasteiger partial charge in [-0.15, -0.1) is 11.3 Å². The van der Waals surface area contributed by atoms with Gasteiger partial charge < -0.3 is 16.2 Å². The first-order chi connectivity index (χ1) is 13.1. The summed E-state index contributed by atoms with van der Waals surface area (Å²) in [6, 6.07) is 9.41. The number of rotatable bonds is 5. The predicted octanol–water partition coefficient (Wildman–Crippen LogP) is 3.55. The molecule has 3 aromatic heterocycles. The van der Waals surface area contributed by atoms with Crippen LogP contribution in [0.15, 0.2) is 41.2 Å². The van der Waals surface area contributed by atoms with Gasteiger partial charge >= 0.3 is 0 Å². The third-order valence-electron chi connectivity index (χ3n) is 4.55. The second-order valence-corrected chi connectivity index (χ2v) is 7.17. The van der Waals surface area contributed by atoms with Crippen molar-refractivity contribution >= 4 is 27.2 Å². The number of anilines is 1. The molecule has 0 fully saturated rings. The zero-order valence-electron chi connectivity index (χ0n) is 15.0. The first-order valence-electron chi connectivity index (χ1n) is 8.51. The summed E-state index contributed by atoms with van der Waals surface area (Å²) in [5.74, 6) is 1.06. The number of nitrogens with two attached hydrogens (primary N) is 2. The first kappa shape index (κ1) is 17.4. The Labute approximate surface area is 159 Å². The maximum Gasteiger partial charge on any atom is 0.197 e. The van der Waals surface area contributed by atoms with Crippen LogP contribution < -0.4 is 16.2 Å². The van der Waals surface area contributed by atoms with Crippen LogP contribution in [-0.2, 0) is 6.42 Å². The average molecular weight is 381 g/mol. The van der Waals surface area contributed by atoms with Crippen molar-refractivity contribution in [2.45, 2.75) is 19.4 Å². The van der Waals surface area contributed by atoms with Crippen LogP contribution >= 0.6 is 11.3 Å². The van der Waals surface area contributed by atoms with Gasteiger partial charge in [0.25, 0.3) is 0 Å². The minimum atomic E-state index is -0.351. The summed E-state index contributed by atoms with van der Waals surface area (Å²) in [4.78, 5) is 5.54. The summed E-state index contributed by atoms with van der Waals surface area (Å²) in [7, 11) is 1.64. The highest BCUT2D eigenvalue weighted by atomic mass is 32.1. The van der Waals surface area contributed by atoms with Crippen LogP contribution in [0, 0.1) is 0 Å². The number of hydrogen-bond acceptors (Lipinski definition) is 8. The Morgan fingerprint density at radius 3 is 2.81 bits per heavy atom. The Bertz CT molecular complexity index is 1100. The molecule has 4 N–H and O–H groups in total. The molecule has 0 saturated carbocycles. The minimum Gasteiger partial charge on any atom is -0.497 e. The van der Waals surface area contributed by atoms with Crippen molar-refractivity contribution in [3.05, 3.63) is 53.3 Å². The molecule has 0 aliphatic heterocycles. The number of pyridine rings is 1. The van der Waals surface area contributed by atoms with Gasteiger partial charge in [-0.25, -0.2) is 4.63 Å². The zero-order valence-corrected chi connectivity index (χ0v) is 15.8. The van der Waals surface area contributed by atoms with E-state index in [1.807, 2.05) is 36.5 Å². The van der Waals surface area contributed by atoms with E-state index in [-0.39, 0.29) is 11.9 Å². The second-order valence-electron chi connectivity index (χ2n) is 6.12. The SMILES string of the molecule is CCc1c(-c2nonc2N)sc2cnc(C(N)c3cccc(OC)c3)cc12. The van der Waals surface area contributed by atoms with E-state index in [2.05, 4.69) is 22.2 Å². The van der Waals surface area contributed by atoms with Gasteiger partial charge in [0.1, 0.15) is 5.75 Å². The van der Waals surface area contributed by atoms with E-state index in [0.29, 0.717) is 5.69 Å². The molecular formula is C19H19N5O2S. The average Bonchev–Trinajstić information content (AvgIpc) is 3.29. The van der Waals surface area contributed by atoms with Crippen LogP contribution in [0.1, 0.15) is 29.8 Å². The van der Waals surface area contributed by atoms with Crippen molar-refractivity contribution in [2.75, 3.05) is 12.8 Å². The molecule has 4 rings (SSSR count). The van der Waals surface area contributed by atoms with Gasteiger partial charge in [-0.1, -0.05) is 19.1 Å². The van der Waals surface area contributed by atoms with Crippen LogP contribution in [0.4, 0.5) is 5.82 Å². The second kappa shape index (κ2) is 6.98. The fourth-order valence-corrected chi connectivity index (χ4v) is 4.37. The molecule has 1 atom stereocenters. The van der Waals surface area contributed by atoms with E-state index in [1.54, 1.807) is 18.4 Å². The standard InChI is InChI=1S/C19H19N5O2S/c1-3-12-13-8-14(16(20)10-5-4-6-11(7-10)25-2)22-9-15(13)27-18(12)17-19(21)24-26-23-17/h4-9,16H,3,20H2,1-2H3,(H2,21,24). The van der Waals surface area contributed by atoms with E-state index in [1.165, 1.54) is 0 Å². The summed E-state index contributed by atoms with van der Waals surface area (Å²) in [6.07, 6.45) is 2.67. The number of hydrogen-bond donors (Lipinski definition) is 2. The van der Waals surface area contributed by atoms with Crippen molar-refractivity contribution in [3.8, 4) is 16.3 Å². The van der Waals surface area contributed by atoms with Crippen molar-refractivity contribution in [1.29, 1.82) is 0 Å². The topological polar surface area (TPSA) is 113 Å². The van der Waals surface area contributed by atoms with Crippen LogP contribution in [0.5, 0.6) is 5.75 Å². The summed E-state index contributed by atoms with van der Waals surface area (Å²) in [5, 5.41) is 8.75. The number of methoxy groups -OCH3 is 1. The molecule has 3 heterocycles. The maximum absolute atomic E-state index is 6.48. The van der Waals surface area contributed by atoms with E-state index >= 15 is 0 Å². The fraction of sp³-hybridized carbons (Fsp3) is 0.211. The van der Waals surface area contributed by atoms with E-state index in [0.717, 1.165) is 44.0 Å². The van der Waals surface area contributed by atoms with Crippen LogP contribution in [0.2, 0.25) is 0 Å². The molecule has 4 aromatic rings. The number of aromatic nitrogens is 3. The molecule has 1 unspecified atom stereocenters. The molecule has 0 saturated heterocycles. The molecule has 138 valence electrons. The van der Waals surface area contributed by atoms with Gasteiger partial charge in [0.2, 0.25) is 0 Å². The molecule has 1 aromatic carbocycles. The van der Waals surface area contributed by atoms with Crippen LogP contribution in [0.25, 0.3) is 20.7 Å². The summed E-state index contributed by atoms with van der Waals surface area (Å²) >= 11 is 1.58. The van der Waals surface area contributed by atoms with Crippen molar-refractivity contribution in [3.63, 3.8) is 0 Å². The summed E-state index contributed by atoms with van der Waals surface area (Å²) < 4.78 is 11.1. The molecule has 0 aliphatic rings. The highest BCUT2D eigenvalue weighted by Gasteiger charge is 2.20. The van der Waals surface area contributed by atoms with Crippen molar-refractivity contribution in [2.24, 2.45) is 5.73 Å². The highest BCUT2D eigenvalue weighted by molar-refractivity contribution is 7.22. The smallest absolute Gasteiger partial charge is 0.197 e. The highest BCUT2D eigenvalue weighted by Crippen LogP contribution is 2.40. The number of fused-ring (bicyclic) bond motifs is 1. The monoisotopic (exact) mass is 381 g/mol. The first-order valence-corrected chi connectivity index (χ1v) is 9.33. The third kappa shape index (κ3) is 3.02. The Morgan fingerprint density at radius 2 is 2.11 bits per heavy atom. The van der Waals surface area contributed by atoms with Gasteiger partial charge in [-0.05, 0) is 51.4 Å². The fourth-order valence-electron chi connectivity index (χ4n) is 3.14. The molecule has 0 aliphatic carbocycles. The lowest BCUT2D eigenvalue weighted by molar-refractivity contribution is 0.310. The molecule has 0 radical (unpaired) electrons. The molecule has 0 amide bonds. The van der Waals surface area contributed by atoms with Crippen molar-refractivity contribution in [1.82, 2.24) is 15.3 Å². The van der Waals surface area contributed by atoms with Gasteiger partial charge in [0.05, 0.1) is 28.4 Å². The van der Waals surface area contributed by atoms with E-state index in [4.69, 9.17) is 20.8 Å². The predicted molar refractivity (Wildman–Crippen MR) is 106 cm³/mol. The number of nitrogen functional groups attached to an aromatic ring is 1. The molecule has 7 nitrogen and oxygen atoms in total. The Morgan fingerprint density at radius 1 is 1.26 bits per heavy atom. The molecule has 27 heavy (non-hydrogen) atoms. The van der Waals surface area contributed by atoms with Gasteiger partial charge in [-0.3, -0.25) is 4.98 Å². The number of thiophene rings is 1. The number of aryl methyl sites for hydroxylation is 1. The Balaban J connectivity index is 1.81. The van der Waals surface area contributed by atoms with E-state index in [9.17, 15) is 0 Å². The number of nitrogens with zero attached hydrogens (tertiary/aromatic N) is 3. The number of ether oxygens (including phenoxy) is 1. The molecular weight excluding hydrogens is 362 g/mol. The van der Waals surface area contributed by atoms with Gasteiger partial charge in [0, 0.05) is 6.20 Å². The quantitative estimate of drug-likeness (QED) is 0.543. The normalized spacial score (nSPS) is 12.4. The summed E-state index contributed by atoms with van der Waals surface area (Å²) in [5.41, 5.74) is 15.8. The molecule has 8 heteroatoms. The van der Waals surface area contributed by atoms with E-state index < -0.39 is 0 Å². The van der Waals surface area contributed by atoms with Crippen LogP contribution in [0.3, 0.4) is 0 Å². The molecule has 0 spiro atoms. The third-order valence-corrected chi connectivity index (χ3v) is 5.74. The summed E-state index contributed by atoms with van der Waals surface area (Å²) in [6.45, 7) is 2.09. The maximum atomic E-state index is 6.48. The zero-order chi connectivity index (χ0) is 19.0. The lowest BCUT2D eigenvalue weighted by Crippen LogP contribution is -2.13. The largest absolute Gasteiger partial charge is 0.497 e. The van der Waals surface area contributed by atoms with Gasteiger partial charge in [-0.2, -0.15) is 0 Å². The number of benzene rings is 1. The Hall–Kier alpha value is -2.97. The Kier molecular flexibility index (Phi) is 4.51. The lowest BCUT2D eigenvalue weighted by Gasteiger charge is -2.13.